The van der Waals surface area contributed by atoms with E-state index in [1.165, 1.54) is 6.08 Å². The number of anilines is 1. The van der Waals surface area contributed by atoms with Crippen LogP contribution in [0.3, 0.4) is 0 Å². The van der Waals surface area contributed by atoms with Crippen molar-refractivity contribution in [2.45, 2.75) is 6.92 Å². The molecule has 6 nitrogen and oxygen atoms in total. The number of furan rings is 1. The quantitative estimate of drug-likeness (QED) is 0.156. The maximum Gasteiger partial charge on any atom is 0.250 e. The molecule has 0 unspecified atom stereocenters. The molecule has 0 aliphatic rings. The number of halogens is 2. The molecule has 1 amide bonds. The average molecular weight is 547 g/mol. The van der Waals surface area contributed by atoms with E-state index in [-0.39, 0.29) is 5.11 Å². The Hall–Kier alpha value is -3.91. The number of aromatic amines is 1. The van der Waals surface area contributed by atoms with Gasteiger partial charge in [0.05, 0.1) is 11.0 Å². The van der Waals surface area contributed by atoms with Crippen LogP contribution in [0, 0.1) is 6.92 Å². The van der Waals surface area contributed by atoms with Gasteiger partial charge in [-0.05, 0) is 79.3 Å². The van der Waals surface area contributed by atoms with Crippen LogP contribution in [0.4, 0.5) is 5.69 Å². The number of carbonyl (C=O) groups excluding carboxylic acids is 1. The van der Waals surface area contributed by atoms with Gasteiger partial charge in [-0.2, -0.15) is 0 Å². The molecule has 0 spiro atoms. The Kier molecular flexibility index (Phi) is 7.10. The van der Waals surface area contributed by atoms with Crippen molar-refractivity contribution in [1.82, 2.24) is 15.3 Å². The number of nitrogens with one attached hydrogen (secondary N) is 3. The molecular formula is C28H20Cl2N4O2S. The number of aryl methyl sites for hydroxylation is 1. The third kappa shape index (κ3) is 5.91. The summed E-state index contributed by atoms with van der Waals surface area (Å²) in [5, 5.41) is 6.94. The van der Waals surface area contributed by atoms with Gasteiger partial charge in [0.25, 0.3) is 0 Å². The minimum absolute atomic E-state index is 0.174. The second-order valence-corrected chi connectivity index (χ2v) is 9.55. The SMILES string of the molecule is Cc1ccc(-c2nc3ccccc3[nH]2)cc1NC(=S)NC(=O)/C=C/c1ccc(-c2cc(Cl)cc(Cl)c2)o1. The molecule has 9 heteroatoms. The minimum Gasteiger partial charge on any atom is -0.457 e. The number of para-hydroxylation sites is 2. The van der Waals surface area contributed by atoms with Crippen LogP contribution in [0.15, 0.2) is 83.3 Å². The van der Waals surface area contributed by atoms with Crippen molar-refractivity contribution in [3.63, 3.8) is 0 Å². The molecule has 37 heavy (non-hydrogen) atoms. The summed E-state index contributed by atoms with van der Waals surface area (Å²) in [6.07, 6.45) is 2.90. The van der Waals surface area contributed by atoms with Gasteiger partial charge in [0.15, 0.2) is 5.11 Å². The van der Waals surface area contributed by atoms with Gasteiger partial charge in [0.2, 0.25) is 5.91 Å². The molecule has 184 valence electrons. The van der Waals surface area contributed by atoms with Crippen molar-refractivity contribution in [3.05, 3.63) is 100 Å². The van der Waals surface area contributed by atoms with Crippen LogP contribution in [0.1, 0.15) is 11.3 Å². The monoisotopic (exact) mass is 546 g/mol. The van der Waals surface area contributed by atoms with Gasteiger partial charge < -0.3 is 14.7 Å². The van der Waals surface area contributed by atoms with Crippen LogP contribution in [-0.2, 0) is 4.79 Å². The number of benzene rings is 3. The van der Waals surface area contributed by atoms with Gasteiger partial charge in [-0.3, -0.25) is 10.1 Å². The first-order chi connectivity index (χ1) is 17.8. The molecular weight excluding hydrogens is 527 g/mol. The summed E-state index contributed by atoms with van der Waals surface area (Å²) in [7, 11) is 0. The summed E-state index contributed by atoms with van der Waals surface area (Å²) in [6, 6.07) is 22.4. The van der Waals surface area contributed by atoms with Crippen LogP contribution in [0.5, 0.6) is 0 Å². The highest BCUT2D eigenvalue weighted by Crippen LogP contribution is 2.29. The lowest BCUT2D eigenvalue weighted by Crippen LogP contribution is -2.33. The van der Waals surface area contributed by atoms with E-state index in [1.807, 2.05) is 49.4 Å². The van der Waals surface area contributed by atoms with E-state index in [2.05, 4.69) is 20.6 Å². The van der Waals surface area contributed by atoms with Gasteiger partial charge in [-0.15, -0.1) is 0 Å². The lowest BCUT2D eigenvalue weighted by Gasteiger charge is -2.12. The molecule has 2 heterocycles. The summed E-state index contributed by atoms with van der Waals surface area (Å²) >= 11 is 17.5. The largest absolute Gasteiger partial charge is 0.457 e. The Bertz CT molecular complexity index is 1620. The normalized spacial score (nSPS) is 11.2. The molecule has 0 saturated heterocycles. The first-order valence-electron chi connectivity index (χ1n) is 11.3. The van der Waals surface area contributed by atoms with E-state index >= 15 is 0 Å². The third-order valence-electron chi connectivity index (χ3n) is 5.56. The van der Waals surface area contributed by atoms with Gasteiger partial charge in [-0.25, -0.2) is 4.98 Å². The van der Waals surface area contributed by atoms with Crippen LogP contribution >= 0.6 is 35.4 Å². The number of nitrogens with zero attached hydrogens (tertiary/aromatic N) is 1. The lowest BCUT2D eigenvalue weighted by atomic mass is 10.1. The Morgan fingerprint density at radius 2 is 1.78 bits per heavy atom. The number of hydrogen-bond donors (Lipinski definition) is 3. The van der Waals surface area contributed by atoms with Gasteiger partial charge in [0.1, 0.15) is 17.3 Å². The average Bonchev–Trinajstić information content (AvgIpc) is 3.51. The van der Waals surface area contributed by atoms with Crippen molar-refractivity contribution >= 4 is 69.2 Å². The molecule has 0 aliphatic heterocycles. The van der Waals surface area contributed by atoms with E-state index in [0.717, 1.165) is 39.2 Å². The summed E-state index contributed by atoms with van der Waals surface area (Å²) in [5.41, 5.74) is 5.23. The maximum atomic E-state index is 12.4. The molecule has 2 aromatic heterocycles. The topological polar surface area (TPSA) is 83.0 Å². The number of H-pyrrole nitrogens is 1. The number of aromatic nitrogens is 2. The first kappa shape index (κ1) is 24.8. The fraction of sp³-hybridized carbons (Fsp3) is 0.0357. The summed E-state index contributed by atoms with van der Waals surface area (Å²) < 4.78 is 5.78. The number of imidazole rings is 1. The number of thiocarbonyl (C=S) groups is 1. The number of amides is 1. The van der Waals surface area contributed by atoms with Crippen molar-refractivity contribution in [1.29, 1.82) is 0 Å². The predicted octanol–water partition coefficient (Wildman–Crippen LogP) is 7.63. The standard InChI is InChI=1S/C28H20Cl2N4O2S/c1-16-6-7-17(27-31-22-4-2-3-5-23(22)32-27)14-24(16)33-28(37)34-26(35)11-9-21-8-10-25(36-21)18-12-19(29)15-20(30)13-18/h2-15H,1H3,(H,31,32)(H2,33,34,35,37)/b11-9+. The van der Waals surface area contributed by atoms with E-state index in [1.54, 1.807) is 36.4 Å². The molecule has 5 aromatic rings. The molecule has 0 fully saturated rings. The zero-order valence-corrected chi connectivity index (χ0v) is 21.8. The zero-order valence-electron chi connectivity index (χ0n) is 19.5. The van der Waals surface area contributed by atoms with E-state index < -0.39 is 5.91 Å². The van der Waals surface area contributed by atoms with Gasteiger partial charge >= 0.3 is 0 Å². The lowest BCUT2D eigenvalue weighted by molar-refractivity contribution is -0.115. The predicted molar refractivity (Wildman–Crippen MR) is 154 cm³/mol. The molecule has 0 saturated carbocycles. The van der Waals surface area contributed by atoms with Crippen molar-refractivity contribution in [2.24, 2.45) is 0 Å². The Morgan fingerprint density at radius 1 is 1.00 bits per heavy atom. The molecule has 0 atom stereocenters. The molecule has 0 aliphatic carbocycles. The number of fused-ring (bicyclic) bond motifs is 1. The van der Waals surface area contributed by atoms with Gasteiger partial charge in [0, 0.05) is 32.9 Å². The molecule has 3 N–H and O–H groups in total. The van der Waals surface area contributed by atoms with Crippen molar-refractivity contribution in [3.8, 4) is 22.7 Å². The third-order valence-corrected chi connectivity index (χ3v) is 6.20. The Labute approximate surface area is 228 Å². The number of carbonyl (C=O) groups is 1. The van der Waals surface area contributed by atoms with Crippen LogP contribution in [-0.4, -0.2) is 21.0 Å². The first-order valence-corrected chi connectivity index (χ1v) is 12.4. The highest BCUT2D eigenvalue weighted by atomic mass is 35.5. The fourth-order valence-corrected chi connectivity index (χ4v) is 4.49. The van der Waals surface area contributed by atoms with Crippen molar-refractivity contribution in [2.75, 3.05) is 5.32 Å². The second kappa shape index (κ2) is 10.6. The number of rotatable bonds is 5. The van der Waals surface area contributed by atoms with Crippen LogP contribution in [0.2, 0.25) is 10.0 Å². The van der Waals surface area contributed by atoms with Crippen LogP contribution < -0.4 is 10.6 Å². The fourth-order valence-electron chi connectivity index (χ4n) is 3.75. The highest BCUT2D eigenvalue weighted by Gasteiger charge is 2.10. The molecule has 3 aromatic carbocycles. The van der Waals surface area contributed by atoms with E-state index in [4.69, 9.17) is 39.8 Å². The zero-order chi connectivity index (χ0) is 25.9. The van der Waals surface area contributed by atoms with E-state index in [9.17, 15) is 4.79 Å². The minimum atomic E-state index is -0.396. The maximum absolute atomic E-state index is 12.4. The van der Waals surface area contributed by atoms with Crippen LogP contribution in [0.25, 0.3) is 39.8 Å². The summed E-state index contributed by atoms with van der Waals surface area (Å²) in [5.74, 6) is 1.43. The van der Waals surface area contributed by atoms with E-state index in [0.29, 0.717) is 21.6 Å². The summed E-state index contributed by atoms with van der Waals surface area (Å²) in [6.45, 7) is 1.96. The molecule has 0 radical (unpaired) electrons. The Balaban J connectivity index is 1.23. The Morgan fingerprint density at radius 3 is 2.57 bits per heavy atom. The highest BCUT2D eigenvalue weighted by molar-refractivity contribution is 7.80. The number of hydrogen-bond acceptors (Lipinski definition) is 4. The molecule has 5 rings (SSSR count). The summed E-state index contributed by atoms with van der Waals surface area (Å²) in [4.78, 5) is 20.4. The second-order valence-electron chi connectivity index (χ2n) is 8.27. The molecule has 0 bridgehead atoms. The smallest absolute Gasteiger partial charge is 0.250 e. The van der Waals surface area contributed by atoms with Gasteiger partial charge in [-0.1, -0.05) is 47.5 Å². The van der Waals surface area contributed by atoms with Crippen molar-refractivity contribution < 1.29 is 9.21 Å².